The fourth-order valence-electron chi connectivity index (χ4n) is 2.16. The molecular weight excluding hydrogens is 290 g/mol. The first-order chi connectivity index (χ1) is 10.1. The third kappa shape index (κ3) is 6.22. The van der Waals surface area contributed by atoms with Crippen molar-refractivity contribution < 1.29 is 14.2 Å². The highest BCUT2D eigenvalue weighted by atomic mass is 35.5. The van der Waals surface area contributed by atoms with Crippen LogP contribution in [-0.2, 0) is 9.47 Å². The van der Waals surface area contributed by atoms with Gasteiger partial charge in [-0.25, -0.2) is 0 Å². The van der Waals surface area contributed by atoms with Crippen molar-refractivity contribution in [2.45, 2.75) is 12.3 Å². The number of rotatable bonds is 10. The maximum atomic E-state index is 6.61. The number of hydrogen-bond donors (Lipinski definition) is 0. The zero-order valence-corrected chi connectivity index (χ0v) is 14.2. The second-order valence-corrected chi connectivity index (χ2v) is 5.53. The standard InChI is InChI=1S/C16H26ClNO3/c1-13-5-6-16(21-4)14(11-13)15(17)12-18(7-9-19-2)8-10-20-3/h5-6,11,15H,7-10,12H2,1-4H3. The second kappa shape index (κ2) is 10.0. The smallest absolute Gasteiger partial charge is 0.123 e. The van der Waals surface area contributed by atoms with Crippen LogP contribution in [0.25, 0.3) is 0 Å². The van der Waals surface area contributed by atoms with Crippen LogP contribution < -0.4 is 4.74 Å². The Hall–Kier alpha value is -0.810. The SMILES string of the molecule is COCCN(CCOC)CC(Cl)c1cc(C)ccc1OC. The zero-order chi connectivity index (χ0) is 15.7. The maximum Gasteiger partial charge on any atom is 0.123 e. The lowest BCUT2D eigenvalue weighted by Crippen LogP contribution is -2.33. The van der Waals surface area contributed by atoms with Crippen LogP contribution in [0.2, 0.25) is 0 Å². The van der Waals surface area contributed by atoms with E-state index < -0.39 is 0 Å². The van der Waals surface area contributed by atoms with E-state index in [1.165, 1.54) is 5.56 Å². The number of nitrogens with zero attached hydrogens (tertiary/aromatic N) is 1. The summed E-state index contributed by atoms with van der Waals surface area (Å²) in [5.74, 6) is 0.832. The van der Waals surface area contributed by atoms with E-state index in [1.54, 1.807) is 21.3 Å². The topological polar surface area (TPSA) is 30.9 Å². The van der Waals surface area contributed by atoms with Gasteiger partial charge in [-0.05, 0) is 13.0 Å². The zero-order valence-electron chi connectivity index (χ0n) is 13.4. The Labute approximate surface area is 132 Å². The molecule has 0 fully saturated rings. The molecule has 1 rings (SSSR count). The minimum absolute atomic E-state index is 0.131. The number of ether oxygens (including phenoxy) is 3. The molecule has 21 heavy (non-hydrogen) atoms. The van der Waals surface area contributed by atoms with Crippen LogP contribution in [0.3, 0.4) is 0 Å². The number of benzene rings is 1. The predicted molar refractivity (Wildman–Crippen MR) is 86.5 cm³/mol. The summed E-state index contributed by atoms with van der Waals surface area (Å²) in [7, 11) is 5.08. The molecule has 1 aromatic rings. The van der Waals surface area contributed by atoms with E-state index in [1.807, 2.05) is 12.1 Å². The Morgan fingerprint density at radius 1 is 1.10 bits per heavy atom. The molecule has 0 bridgehead atoms. The maximum absolute atomic E-state index is 6.61. The first kappa shape index (κ1) is 18.2. The van der Waals surface area contributed by atoms with Gasteiger partial charge in [-0.3, -0.25) is 4.90 Å². The van der Waals surface area contributed by atoms with Gasteiger partial charge in [0.15, 0.2) is 0 Å². The van der Waals surface area contributed by atoms with Crippen molar-refractivity contribution >= 4 is 11.6 Å². The van der Waals surface area contributed by atoms with Gasteiger partial charge in [0.05, 0.1) is 25.7 Å². The number of halogens is 1. The van der Waals surface area contributed by atoms with Crippen LogP contribution in [0.1, 0.15) is 16.5 Å². The molecule has 0 aromatic heterocycles. The number of aryl methyl sites for hydroxylation is 1. The summed E-state index contributed by atoms with van der Waals surface area (Å²) in [6, 6.07) is 6.08. The van der Waals surface area contributed by atoms with Crippen molar-refractivity contribution in [1.82, 2.24) is 4.90 Å². The Morgan fingerprint density at radius 2 is 1.71 bits per heavy atom. The van der Waals surface area contributed by atoms with Gasteiger partial charge in [0.1, 0.15) is 5.75 Å². The lowest BCUT2D eigenvalue weighted by molar-refractivity contribution is 0.114. The molecule has 4 nitrogen and oxygen atoms in total. The molecule has 1 unspecified atom stereocenters. The van der Waals surface area contributed by atoms with Gasteiger partial charge in [0, 0.05) is 39.4 Å². The molecule has 1 aromatic carbocycles. The molecule has 0 amide bonds. The van der Waals surface area contributed by atoms with Crippen molar-refractivity contribution in [3.05, 3.63) is 29.3 Å². The molecule has 0 saturated heterocycles. The lowest BCUT2D eigenvalue weighted by Gasteiger charge is -2.25. The molecule has 120 valence electrons. The lowest BCUT2D eigenvalue weighted by atomic mass is 10.1. The Bertz CT molecular complexity index is 407. The van der Waals surface area contributed by atoms with Gasteiger partial charge >= 0.3 is 0 Å². The summed E-state index contributed by atoms with van der Waals surface area (Å²) in [5.41, 5.74) is 2.20. The van der Waals surface area contributed by atoms with Crippen molar-refractivity contribution in [3.63, 3.8) is 0 Å². The molecule has 1 atom stereocenters. The summed E-state index contributed by atoms with van der Waals surface area (Å²) in [6.45, 7) is 5.80. The highest BCUT2D eigenvalue weighted by Crippen LogP contribution is 2.31. The van der Waals surface area contributed by atoms with Crippen molar-refractivity contribution in [2.24, 2.45) is 0 Å². The van der Waals surface area contributed by atoms with Gasteiger partial charge in [-0.1, -0.05) is 17.7 Å². The van der Waals surface area contributed by atoms with Crippen LogP contribution in [0.5, 0.6) is 5.75 Å². The van der Waals surface area contributed by atoms with Gasteiger partial charge in [0.2, 0.25) is 0 Å². The van der Waals surface area contributed by atoms with Gasteiger partial charge in [0.25, 0.3) is 0 Å². The number of alkyl halides is 1. The average molecular weight is 316 g/mol. The summed E-state index contributed by atoms with van der Waals surface area (Å²) >= 11 is 6.61. The molecule has 0 saturated carbocycles. The minimum atomic E-state index is -0.131. The van der Waals surface area contributed by atoms with E-state index >= 15 is 0 Å². The minimum Gasteiger partial charge on any atom is -0.496 e. The average Bonchev–Trinajstić information content (AvgIpc) is 2.49. The molecule has 0 aliphatic heterocycles. The van der Waals surface area contributed by atoms with Crippen molar-refractivity contribution in [3.8, 4) is 5.75 Å². The first-order valence-electron chi connectivity index (χ1n) is 7.11. The van der Waals surface area contributed by atoms with Gasteiger partial charge in [-0.15, -0.1) is 11.6 Å². The number of hydrogen-bond acceptors (Lipinski definition) is 4. The fourth-order valence-corrected chi connectivity index (χ4v) is 2.52. The fraction of sp³-hybridized carbons (Fsp3) is 0.625. The highest BCUT2D eigenvalue weighted by Gasteiger charge is 2.17. The second-order valence-electron chi connectivity index (χ2n) is 5.00. The molecule has 0 N–H and O–H groups in total. The largest absolute Gasteiger partial charge is 0.496 e. The van der Waals surface area contributed by atoms with E-state index in [4.69, 9.17) is 25.8 Å². The van der Waals surface area contributed by atoms with E-state index in [0.717, 1.165) is 30.9 Å². The van der Waals surface area contributed by atoms with Crippen LogP contribution in [-0.4, -0.2) is 59.1 Å². The van der Waals surface area contributed by atoms with Crippen molar-refractivity contribution in [2.75, 3.05) is 54.2 Å². The summed E-state index contributed by atoms with van der Waals surface area (Å²) in [5, 5.41) is -0.131. The van der Waals surface area contributed by atoms with Gasteiger partial charge < -0.3 is 14.2 Å². The van der Waals surface area contributed by atoms with Crippen LogP contribution in [0.4, 0.5) is 0 Å². The van der Waals surface area contributed by atoms with Crippen LogP contribution in [0, 0.1) is 6.92 Å². The quantitative estimate of drug-likeness (QED) is 0.621. The summed E-state index contributed by atoms with van der Waals surface area (Å²) < 4.78 is 15.7. The number of methoxy groups -OCH3 is 3. The molecule has 0 radical (unpaired) electrons. The molecule has 0 aliphatic carbocycles. The molecule has 0 heterocycles. The third-order valence-corrected chi connectivity index (χ3v) is 3.74. The molecule has 0 spiro atoms. The molecular formula is C16H26ClNO3. The Kier molecular flexibility index (Phi) is 8.69. The normalized spacial score (nSPS) is 12.7. The van der Waals surface area contributed by atoms with Crippen LogP contribution in [0.15, 0.2) is 18.2 Å². The van der Waals surface area contributed by atoms with E-state index in [9.17, 15) is 0 Å². The van der Waals surface area contributed by atoms with Crippen molar-refractivity contribution in [1.29, 1.82) is 0 Å². The van der Waals surface area contributed by atoms with E-state index in [-0.39, 0.29) is 5.38 Å². The first-order valence-corrected chi connectivity index (χ1v) is 7.54. The highest BCUT2D eigenvalue weighted by molar-refractivity contribution is 6.21. The monoisotopic (exact) mass is 315 g/mol. The van der Waals surface area contributed by atoms with E-state index in [0.29, 0.717) is 13.2 Å². The third-order valence-electron chi connectivity index (χ3n) is 3.36. The van der Waals surface area contributed by atoms with Crippen LogP contribution >= 0.6 is 11.6 Å². The molecule has 5 heteroatoms. The Morgan fingerprint density at radius 3 is 2.24 bits per heavy atom. The van der Waals surface area contributed by atoms with E-state index in [2.05, 4.69) is 17.9 Å². The summed E-state index contributed by atoms with van der Waals surface area (Å²) in [4.78, 5) is 2.24. The summed E-state index contributed by atoms with van der Waals surface area (Å²) in [6.07, 6.45) is 0. The Balaban J connectivity index is 2.75. The molecule has 0 aliphatic rings. The van der Waals surface area contributed by atoms with Gasteiger partial charge in [-0.2, -0.15) is 0 Å². The predicted octanol–water partition coefficient (Wildman–Crippen LogP) is 2.88.